The zero-order valence-corrected chi connectivity index (χ0v) is 18.0. The highest BCUT2D eigenvalue weighted by molar-refractivity contribution is 6.42. The summed E-state index contributed by atoms with van der Waals surface area (Å²) in [5, 5.41) is 4.58. The molecule has 6 nitrogen and oxygen atoms in total. The van der Waals surface area contributed by atoms with Crippen molar-refractivity contribution in [1.82, 2.24) is 5.43 Å². The van der Waals surface area contributed by atoms with E-state index in [0.717, 1.165) is 0 Å². The normalized spacial score (nSPS) is 10.7. The number of hydrogen-bond acceptors (Lipinski definition) is 5. The van der Waals surface area contributed by atoms with E-state index < -0.39 is 11.9 Å². The summed E-state index contributed by atoms with van der Waals surface area (Å²) < 4.78 is 11.0. The van der Waals surface area contributed by atoms with Gasteiger partial charge in [-0.15, -0.1) is 0 Å². The van der Waals surface area contributed by atoms with Crippen molar-refractivity contribution in [1.29, 1.82) is 0 Å². The fourth-order valence-electron chi connectivity index (χ4n) is 2.56. The molecule has 0 aliphatic heterocycles. The second-order valence-corrected chi connectivity index (χ2v) is 7.04. The fourth-order valence-corrected chi connectivity index (χ4v) is 2.86. The van der Waals surface area contributed by atoms with Crippen LogP contribution in [0.3, 0.4) is 0 Å². The molecule has 1 N–H and O–H groups in total. The van der Waals surface area contributed by atoms with E-state index in [-0.39, 0.29) is 10.8 Å². The number of ether oxygens (including phenoxy) is 2. The molecule has 0 heterocycles. The average molecular weight is 457 g/mol. The summed E-state index contributed by atoms with van der Waals surface area (Å²) >= 11 is 11.8. The van der Waals surface area contributed by atoms with Crippen LogP contribution in [0.2, 0.25) is 10.0 Å². The van der Waals surface area contributed by atoms with Crippen LogP contribution in [-0.2, 0) is 0 Å². The first-order valence-corrected chi connectivity index (χ1v) is 10.1. The average Bonchev–Trinajstić information content (AvgIpc) is 2.78. The molecule has 0 bridgehead atoms. The van der Waals surface area contributed by atoms with Crippen molar-refractivity contribution in [3.05, 3.63) is 93.5 Å². The van der Waals surface area contributed by atoms with E-state index in [4.69, 9.17) is 32.7 Å². The number of benzene rings is 3. The molecular formula is C23H18Cl2N2O4. The number of carbonyl (C=O) groups is 2. The zero-order chi connectivity index (χ0) is 22.2. The van der Waals surface area contributed by atoms with Gasteiger partial charge in [-0.25, -0.2) is 10.2 Å². The molecule has 31 heavy (non-hydrogen) atoms. The lowest BCUT2D eigenvalue weighted by molar-refractivity contribution is 0.0728. The second kappa shape index (κ2) is 10.6. The van der Waals surface area contributed by atoms with Crippen molar-refractivity contribution < 1.29 is 19.1 Å². The molecule has 0 saturated heterocycles. The molecule has 3 aromatic carbocycles. The van der Waals surface area contributed by atoms with Crippen LogP contribution in [0.4, 0.5) is 0 Å². The number of esters is 1. The molecule has 3 rings (SSSR count). The van der Waals surface area contributed by atoms with Gasteiger partial charge in [0, 0.05) is 5.56 Å². The summed E-state index contributed by atoms with van der Waals surface area (Å²) in [5.74, 6) is -0.260. The first-order chi connectivity index (χ1) is 15.0. The third kappa shape index (κ3) is 6.07. The van der Waals surface area contributed by atoms with E-state index in [0.29, 0.717) is 34.1 Å². The van der Waals surface area contributed by atoms with Gasteiger partial charge in [0.05, 0.1) is 28.4 Å². The summed E-state index contributed by atoms with van der Waals surface area (Å²) in [6.45, 7) is 2.20. The fraction of sp³-hybridized carbons (Fsp3) is 0.0870. The first kappa shape index (κ1) is 22.3. The maximum absolute atomic E-state index is 12.3. The maximum atomic E-state index is 12.3. The Kier molecular flexibility index (Phi) is 7.65. The number of carbonyl (C=O) groups excluding carboxylic acids is 2. The SMILES string of the molecule is CCOc1cc(/C=N/NC(=O)c2ccc(Cl)c(Cl)c2)ccc1OC(=O)c1ccccc1. The summed E-state index contributed by atoms with van der Waals surface area (Å²) in [6, 6.07) is 18.1. The van der Waals surface area contributed by atoms with Gasteiger partial charge in [-0.2, -0.15) is 5.10 Å². The molecule has 0 spiro atoms. The molecule has 0 fully saturated rings. The number of nitrogens with one attached hydrogen (secondary N) is 1. The van der Waals surface area contributed by atoms with Crippen molar-refractivity contribution in [2.45, 2.75) is 6.92 Å². The molecule has 0 unspecified atom stereocenters. The Morgan fingerprint density at radius 2 is 1.71 bits per heavy atom. The third-order valence-corrected chi connectivity index (χ3v) is 4.78. The standard InChI is InChI=1S/C23H18Cl2N2O4/c1-2-30-21-12-15(8-11-20(21)31-23(29)16-6-4-3-5-7-16)14-26-27-22(28)17-9-10-18(24)19(25)13-17/h3-14H,2H2,1H3,(H,27,28)/b26-14+. The lowest BCUT2D eigenvalue weighted by Crippen LogP contribution is -2.17. The minimum Gasteiger partial charge on any atom is -0.490 e. The van der Waals surface area contributed by atoms with Crippen LogP contribution in [0.15, 0.2) is 71.8 Å². The predicted octanol–water partition coefficient (Wildman–Crippen LogP) is 5.38. The molecular weight excluding hydrogens is 439 g/mol. The third-order valence-electron chi connectivity index (χ3n) is 4.04. The Labute approximate surface area is 189 Å². The second-order valence-electron chi connectivity index (χ2n) is 6.22. The molecule has 0 aromatic heterocycles. The molecule has 0 aliphatic rings. The Balaban J connectivity index is 1.70. The number of hydrogen-bond donors (Lipinski definition) is 1. The number of amides is 1. The van der Waals surface area contributed by atoms with E-state index in [2.05, 4.69) is 10.5 Å². The van der Waals surface area contributed by atoms with Gasteiger partial charge < -0.3 is 9.47 Å². The van der Waals surface area contributed by atoms with Crippen molar-refractivity contribution in [2.24, 2.45) is 5.10 Å². The Hall–Kier alpha value is -3.35. The monoisotopic (exact) mass is 456 g/mol. The number of halogens is 2. The van der Waals surface area contributed by atoms with Crippen molar-refractivity contribution >= 4 is 41.3 Å². The lowest BCUT2D eigenvalue weighted by Gasteiger charge is -2.11. The quantitative estimate of drug-likeness (QED) is 0.224. The van der Waals surface area contributed by atoms with Crippen LogP contribution < -0.4 is 14.9 Å². The van der Waals surface area contributed by atoms with Gasteiger partial charge in [0.15, 0.2) is 11.5 Å². The van der Waals surface area contributed by atoms with Gasteiger partial charge in [0.25, 0.3) is 5.91 Å². The minimum atomic E-state index is -0.489. The highest BCUT2D eigenvalue weighted by Crippen LogP contribution is 2.29. The highest BCUT2D eigenvalue weighted by Gasteiger charge is 2.13. The van der Waals surface area contributed by atoms with Crippen molar-refractivity contribution in [2.75, 3.05) is 6.61 Å². The molecule has 0 aliphatic carbocycles. The van der Waals surface area contributed by atoms with Crippen molar-refractivity contribution in [3.63, 3.8) is 0 Å². The van der Waals surface area contributed by atoms with Crippen molar-refractivity contribution in [3.8, 4) is 11.5 Å². The Bertz CT molecular complexity index is 1120. The van der Waals surface area contributed by atoms with E-state index in [1.54, 1.807) is 48.5 Å². The maximum Gasteiger partial charge on any atom is 0.343 e. The molecule has 3 aromatic rings. The molecule has 158 valence electrons. The topological polar surface area (TPSA) is 77.0 Å². The van der Waals surface area contributed by atoms with E-state index >= 15 is 0 Å². The van der Waals surface area contributed by atoms with Crippen LogP contribution in [0, 0.1) is 0 Å². The zero-order valence-electron chi connectivity index (χ0n) is 16.5. The lowest BCUT2D eigenvalue weighted by atomic mass is 10.2. The van der Waals surface area contributed by atoms with E-state index in [1.807, 2.05) is 13.0 Å². The number of rotatable bonds is 7. The van der Waals surface area contributed by atoms with Crippen LogP contribution in [0.5, 0.6) is 11.5 Å². The first-order valence-electron chi connectivity index (χ1n) is 9.30. The summed E-state index contributed by atoms with van der Waals surface area (Å²) in [5.41, 5.74) is 3.81. The van der Waals surface area contributed by atoms with Crippen LogP contribution >= 0.6 is 23.2 Å². The minimum absolute atomic E-state index is 0.278. The number of hydrazone groups is 1. The molecule has 0 saturated carbocycles. The van der Waals surface area contributed by atoms with Crippen LogP contribution in [-0.4, -0.2) is 24.7 Å². The summed E-state index contributed by atoms with van der Waals surface area (Å²) in [4.78, 5) is 24.5. The smallest absolute Gasteiger partial charge is 0.343 e. The Morgan fingerprint density at radius 3 is 2.42 bits per heavy atom. The number of nitrogens with zero attached hydrogens (tertiary/aromatic N) is 1. The van der Waals surface area contributed by atoms with E-state index in [1.165, 1.54) is 18.3 Å². The molecule has 8 heteroatoms. The molecule has 0 radical (unpaired) electrons. The largest absolute Gasteiger partial charge is 0.490 e. The van der Waals surface area contributed by atoms with Gasteiger partial charge in [-0.05, 0) is 61.0 Å². The summed E-state index contributed by atoms with van der Waals surface area (Å²) in [7, 11) is 0. The van der Waals surface area contributed by atoms with Gasteiger partial charge in [0.1, 0.15) is 0 Å². The predicted molar refractivity (Wildman–Crippen MR) is 121 cm³/mol. The summed E-state index contributed by atoms with van der Waals surface area (Å²) in [6.07, 6.45) is 1.45. The van der Waals surface area contributed by atoms with Crippen LogP contribution in [0.25, 0.3) is 0 Å². The van der Waals surface area contributed by atoms with Gasteiger partial charge in [-0.3, -0.25) is 4.79 Å². The molecule has 0 atom stereocenters. The Morgan fingerprint density at radius 1 is 0.935 bits per heavy atom. The highest BCUT2D eigenvalue weighted by atomic mass is 35.5. The van der Waals surface area contributed by atoms with E-state index in [9.17, 15) is 9.59 Å². The van der Waals surface area contributed by atoms with Gasteiger partial charge in [-0.1, -0.05) is 41.4 Å². The van der Waals surface area contributed by atoms with Gasteiger partial charge >= 0.3 is 5.97 Å². The molecule has 1 amide bonds. The van der Waals surface area contributed by atoms with Crippen LogP contribution in [0.1, 0.15) is 33.2 Å². The van der Waals surface area contributed by atoms with Gasteiger partial charge in [0.2, 0.25) is 0 Å².